The fourth-order valence-electron chi connectivity index (χ4n) is 2.96. The van der Waals surface area contributed by atoms with Crippen molar-refractivity contribution in [1.82, 2.24) is 4.98 Å². The molecule has 1 aliphatic rings. The van der Waals surface area contributed by atoms with E-state index in [1.54, 1.807) is 11.6 Å². The summed E-state index contributed by atoms with van der Waals surface area (Å²) < 4.78 is 5.91. The molecule has 6 heteroatoms. The van der Waals surface area contributed by atoms with Crippen molar-refractivity contribution < 1.29 is 4.74 Å². The Bertz CT molecular complexity index is 665. The smallest absolute Gasteiger partial charge is 0.205 e. The number of aromatic nitrogens is 1. The summed E-state index contributed by atoms with van der Waals surface area (Å²) in [4.78, 5) is 4.10. The van der Waals surface area contributed by atoms with E-state index < -0.39 is 0 Å². The van der Waals surface area contributed by atoms with Crippen molar-refractivity contribution in [3.8, 4) is 0 Å². The number of hydrogen-bond donors (Lipinski definition) is 2. The number of thiazole rings is 1. The van der Waals surface area contributed by atoms with Crippen LogP contribution in [-0.4, -0.2) is 17.8 Å². The van der Waals surface area contributed by atoms with Crippen molar-refractivity contribution in [2.45, 2.75) is 38.7 Å². The van der Waals surface area contributed by atoms with Crippen molar-refractivity contribution in [2.24, 2.45) is 11.0 Å². The second-order valence-electron chi connectivity index (χ2n) is 6.21. The fraction of sp³-hybridized carbons (Fsp3) is 0.444. The third kappa shape index (κ3) is 5.32. The van der Waals surface area contributed by atoms with Crippen LogP contribution >= 0.6 is 11.3 Å². The molecule has 1 fully saturated rings. The van der Waals surface area contributed by atoms with E-state index in [0.29, 0.717) is 17.6 Å². The lowest BCUT2D eigenvalue weighted by molar-refractivity contribution is 0.0739. The van der Waals surface area contributed by atoms with Crippen molar-refractivity contribution in [2.75, 3.05) is 17.8 Å². The zero-order chi connectivity index (χ0) is 16.6. The van der Waals surface area contributed by atoms with Crippen molar-refractivity contribution in [1.29, 1.82) is 0 Å². The molecule has 24 heavy (non-hydrogen) atoms. The molecule has 3 rings (SSSR count). The Balaban J connectivity index is 1.46. The first-order valence-corrected chi connectivity index (χ1v) is 9.34. The maximum Gasteiger partial charge on any atom is 0.205 e. The third-order valence-corrected chi connectivity index (χ3v) is 4.96. The molecule has 1 aromatic heterocycles. The fourth-order valence-corrected chi connectivity index (χ4v) is 3.51. The highest BCUT2D eigenvalue weighted by Crippen LogP contribution is 2.24. The Morgan fingerprint density at radius 1 is 1.33 bits per heavy atom. The van der Waals surface area contributed by atoms with Gasteiger partial charge >= 0.3 is 0 Å². The van der Waals surface area contributed by atoms with Crippen LogP contribution in [0.1, 0.15) is 43.2 Å². The predicted octanol–water partition coefficient (Wildman–Crippen LogP) is 4.27. The quantitative estimate of drug-likeness (QED) is 0.581. The van der Waals surface area contributed by atoms with Gasteiger partial charge in [-0.25, -0.2) is 4.98 Å². The second kappa shape index (κ2) is 8.80. The largest absolute Gasteiger partial charge is 0.383 e. The van der Waals surface area contributed by atoms with E-state index in [-0.39, 0.29) is 0 Å². The highest BCUT2D eigenvalue weighted by atomic mass is 32.1. The number of nitrogens with zero attached hydrogens (tertiary/aromatic N) is 2. The summed E-state index contributed by atoms with van der Waals surface area (Å²) in [7, 11) is 0. The molecular formula is C18H24N4OS. The molecule has 5 nitrogen and oxygen atoms in total. The monoisotopic (exact) mass is 344 g/mol. The van der Waals surface area contributed by atoms with Crippen LogP contribution in [0.3, 0.4) is 0 Å². The molecule has 0 atom stereocenters. The van der Waals surface area contributed by atoms with E-state index in [4.69, 9.17) is 10.5 Å². The lowest BCUT2D eigenvalue weighted by atomic mass is 9.90. The van der Waals surface area contributed by atoms with Crippen LogP contribution in [0.5, 0.6) is 0 Å². The van der Waals surface area contributed by atoms with Crippen molar-refractivity contribution in [3.63, 3.8) is 0 Å². The first kappa shape index (κ1) is 16.9. The van der Waals surface area contributed by atoms with Gasteiger partial charge in [0.2, 0.25) is 5.13 Å². The first-order chi connectivity index (χ1) is 11.8. The van der Waals surface area contributed by atoms with E-state index in [2.05, 4.69) is 27.6 Å². The molecule has 0 unspecified atom stereocenters. The summed E-state index contributed by atoms with van der Waals surface area (Å²) in [6.07, 6.45) is 8.52. The Morgan fingerprint density at radius 3 is 3.00 bits per heavy atom. The molecule has 1 aliphatic carbocycles. The van der Waals surface area contributed by atoms with Gasteiger partial charge < -0.3 is 10.5 Å². The highest BCUT2D eigenvalue weighted by molar-refractivity contribution is 7.14. The lowest BCUT2D eigenvalue weighted by Gasteiger charge is -2.21. The third-order valence-electron chi connectivity index (χ3n) is 4.19. The average Bonchev–Trinajstić information content (AvgIpc) is 3.02. The normalized spacial score (nSPS) is 15.8. The Labute approximate surface area is 146 Å². The molecule has 0 bridgehead atoms. The Morgan fingerprint density at radius 2 is 2.21 bits per heavy atom. The maximum absolute atomic E-state index is 5.91. The van der Waals surface area contributed by atoms with Gasteiger partial charge in [0.25, 0.3) is 0 Å². The standard InChI is InChI=1S/C18H24N4OS/c19-17-13-24-18(21-17)22-20-10-15-7-4-8-16(9-15)12-23-11-14-5-2-1-3-6-14/h4,7-10,13-14H,1-3,5-6,11-12,19H2,(H,21,22). The molecule has 3 N–H and O–H groups in total. The van der Waals surface area contributed by atoms with Crippen molar-refractivity contribution in [3.05, 3.63) is 40.8 Å². The molecule has 1 heterocycles. The van der Waals surface area contributed by atoms with Gasteiger partial charge in [-0.15, -0.1) is 11.3 Å². The summed E-state index contributed by atoms with van der Waals surface area (Å²) >= 11 is 1.43. The molecule has 0 spiro atoms. The SMILES string of the molecule is Nc1csc(NN=Cc2cccc(COCC3CCCCC3)c2)n1. The van der Waals surface area contributed by atoms with E-state index in [0.717, 1.165) is 18.1 Å². The number of hydrogen-bond acceptors (Lipinski definition) is 6. The minimum Gasteiger partial charge on any atom is -0.383 e. The van der Waals surface area contributed by atoms with Gasteiger partial charge in [-0.3, -0.25) is 5.43 Å². The van der Waals surface area contributed by atoms with Gasteiger partial charge in [-0.1, -0.05) is 37.5 Å². The number of nitrogen functional groups attached to an aromatic ring is 1. The molecular weight excluding hydrogens is 320 g/mol. The van der Waals surface area contributed by atoms with Gasteiger partial charge in [0.05, 0.1) is 12.8 Å². The summed E-state index contributed by atoms with van der Waals surface area (Å²) in [5.74, 6) is 1.26. The number of benzene rings is 1. The van der Waals surface area contributed by atoms with Crippen LogP contribution < -0.4 is 11.2 Å². The summed E-state index contributed by atoms with van der Waals surface area (Å²) in [6.45, 7) is 1.54. The number of anilines is 2. The molecule has 1 aromatic carbocycles. The second-order valence-corrected chi connectivity index (χ2v) is 7.07. The number of ether oxygens (including phenoxy) is 1. The van der Waals surface area contributed by atoms with E-state index >= 15 is 0 Å². The first-order valence-electron chi connectivity index (χ1n) is 8.46. The minimum atomic E-state index is 0.509. The predicted molar refractivity (Wildman–Crippen MR) is 100 cm³/mol. The van der Waals surface area contributed by atoms with Crippen molar-refractivity contribution >= 4 is 28.5 Å². The number of rotatable bonds is 7. The summed E-state index contributed by atoms with van der Waals surface area (Å²) in [5.41, 5.74) is 10.7. The molecule has 0 amide bonds. The molecule has 0 radical (unpaired) electrons. The van der Waals surface area contributed by atoms with Gasteiger partial charge in [0, 0.05) is 12.0 Å². The van der Waals surface area contributed by atoms with Crippen LogP contribution in [-0.2, 0) is 11.3 Å². The lowest BCUT2D eigenvalue weighted by Crippen LogP contribution is -2.13. The van der Waals surface area contributed by atoms with Crippen LogP contribution in [0.2, 0.25) is 0 Å². The van der Waals surface area contributed by atoms with Crippen LogP contribution in [0, 0.1) is 5.92 Å². The zero-order valence-electron chi connectivity index (χ0n) is 13.8. The molecule has 0 aliphatic heterocycles. The minimum absolute atomic E-state index is 0.509. The number of hydrazone groups is 1. The summed E-state index contributed by atoms with van der Waals surface area (Å²) in [5, 5.41) is 6.67. The van der Waals surface area contributed by atoms with Gasteiger partial charge in [-0.2, -0.15) is 5.10 Å². The molecule has 0 saturated heterocycles. The van der Waals surface area contributed by atoms with Crippen LogP contribution in [0.15, 0.2) is 34.7 Å². The van der Waals surface area contributed by atoms with Crippen LogP contribution in [0.4, 0.5) is 10.9 Å². The van der Waals surface area contributed by atoms with E-state index in [1.807, 2.05) is 12.1 Å². The average molecular weight is 344 g/mol. The van der Waals surface area contributed by atoms with Gasteiger partial charge in [-0.05, 0) is 36.0 Å². The number of nitrogens with two attached hydrogens (primary N) is 1. The van der Waals surface area contributed by atoms with Gasteiger partial charge in [0.1, 0.15) is 5.82 Å². The summed E-state index contributed by atoms with van der Waals surface area (Å²) in [6, 6.07) is 8.24. The van der Waals surface area contributed by atoms with E-state index in [9.17, 15) is 0 Å². The highest BCUT2D eigenvalue weighted by Gasteiger charge is 2.13. The zero-order valence-corrected chi connectivity index (χ0v) is 14.6. The Kier molecular flexibility index (Phi) is 6.20. The maximum atomic E-state index is 5.91. The Hall–Kier alpha value is -1.92. The van der Waals surface area contributed by atoms with Crippen LogP contribution in [0.25, 0.3) is 0 Å². The molecule has 2 aromatic rings. The van der Waals surface area contributed by atoms with Gasteiger partial charge in [0.15, 0.2) is 0 Å². The molecule has 128 valence electrons. The topological polar surface area (TPSA) is 72.5 Å². The van der Waals surface area contributed by atoms with E-state index in [1.165, 1.54) is 49.0 Å². The number of nitrogens with one attached hydrogen (secondary N) is 1. The molecule has 1 saturated carbocycles.